The summed E-state index contributed by atoms with van der Waals surface area (Å²) in [6, 6.07) is 8.46. The summed E-state index contributed by atoms with van der Waals surface area (Å²) >= 11 is 1.31. The van der Waals surface area contributed by atoms with E-state index in [-0.39, 0.29) is 30.8 Å². The lowest BCUT2D eigenvalue weighted by Crippen LogP contribution is -2.45. The zero-order valence-corrected chi connectivity index (χ0v) is 13.4. The van der Waals surface area contributed by atoms with Gasteiger partial charge in [0, 0.05) is 0 Å². The lowest BCUT2D eigenvalue weighted by atomic mass is 10.3. The predicted molar refractivity (Wildman–Crippen MR) is 86.2 cm³/mol. The largest absolute Gasteiger partial charge is 0.492 e. The van der Waals surface area contributed by atoms with Crippen LogP contribution in [0.1, 0.15) is 16.6 Å². The van der Waals surface area contributed by atoms with Crippen LogP contribution >= 0.6 is 11.3 Å². The molecule has 1 aromatic heterocycles. The second kappa shape index (κ2) is 8.28. The van der Waals surface area contributed by atoms with E-state index in [1.54, 1.807) is 24.4 Å². The van der Waals surface area contributed by atoms with Gasteiger partial charge in [0.2, 0.25) is 5.91 Å². The molecule has 5 nitrogen and oxygen atoms in total. The zero-order valence-electron chi connectivity index (χ0n) is 12.5. The number of carbonyl (C=O) groups excluding carboxylic acids is 2. The summed E-state index contributed by atoms with van der Waals surface area (Å²) in [5.41, 5.74) is 0. The molecule has 0 bridgehead atoms. The van der Waals surface area contributed by atoms with E-state index in [0.717, 1.165) is 0 Å². The van der Waals surface area contributed by atoms with Crippen LogP contribution in [-0.2, 0) is 4.79 Å². The molecular formula is C16H17FN2O3S. The summed E-state index contributed by atoms with van der Waals surface area (Å²) in [5.74, 6) is -0.372. The molecule has 0 aliphatic heterocycles. The first-order valence-electron chi connectivity index (χ1n) is 7.06. The first-order chi connectivity index (χ1) is 11.1. The third-order valence-electron chi connectivity index (χ3n) is 2.97. The van der Waals surface area contributed by atoms with Gasteiger partial charge in [0.05, 0.1) is 11.4 Å². The Balaban J connectivity index is 1.67. The topological polar surface area (TPSA) is 67.4 Å². The average Bonchev–Trinajstić information content (AvgIpc) is 3.07. The Morgan fingerprint density at radius 2 is 2.00 bits per heavy atom. The van der Waals surface area contributed by atoms with Crippen LogP contribution in [0, 0.1) is 5.82 Å². The highest BCUT2D eigenvalue weighted by Gasteiger charge is 2.16. The van der Waals surface area contributed by atoms with Gasteiger partial charge in [-0.3, -0.25) is 9.59 Å². The van der Waals surface area contributed by atoms with Crippen molar-refractivity contribution in [1.29, 1.82) is 0 Å². The van der Waals surface area contributed by atoms with E-state index < -0.39 is 6.04 Å². The molecule has 1 unspecified atom stereocenters. The van der Waals surface area contributed by atoms with Crippen molar-refractivity contribution in [2.45, 2.75) is 13.0 Å². The van der Waals surface area contributed by atoms with E-state index in [1.165, 1.54) is 35.6 Å². The van der Waals surface area contributed by atoms with Gasteiger partial charge in [0.1, 0.15) is 24.2 Å². The van der Waals surface area contributed by atoms with Crippen LogP contribution in [0.15, 0.2) is 41.8 Å². The fraction of sp³-hybridized carbons (Fsp3) is 0.250. The molecule has 0 fully saturated rings. The molecule has 0 aliphatic rings. The highest BCUT2D eigenvalue weighted by Crippen LogP contribution is 2.10. The molecule has 122 valence electrons. The van der Waals surface area contributed by atoms with Gasteiger partial charge in [-0.15, -0.1) is 11.3 Å². The molecule has 1 heterocycles. The van der Waals surface area contributed by atoms with Crippen LogP contribution in [0.2, 0.25) is 0 Å². The van der Waals surface area contributed by atoms with Gasteiger partial charge < -0.3 is 15.4 Å². The minimum absolute atomic E-state index is 0.253. The maximum absolute atomic E-state index is 12.7. The maximum atomic E-state index is 12.7. The van der Waals surface area contributed by atoms with E-state index in [9.17, 15) is 14.0 Å². The number of hydrogen-bond acceptors (Lipinski definition) is 4. The summed E-state index contributed by atoms with van der Waals surface area (Å²) in [5, 5.41) is 7.09. The van der Waals surface area contributed by atoms with Gasteiger partial charge >= 0.3 is 0 Å². The standard InChI is InChI=1S/C16H17FN2O3S/c1-11(19-16(21)14-3-2-10-23-14)15(20)18-8-9-22-13-6-4-12(17)5-7-13/h2-7,10-11H,8-9H2,1H3,(H,18,20)(H,19,21). The number of benzene rings is 1. The first kappa shape index (κ1) is 17.0. The summed E-state index contributed by atoms with van der Waals surface area (Å²) in [4.78, 5) is 24.3. The molecule has 0 saturated carbocycles. The third kappa shape index (κ3) is 5.37. The van der Waals surface area contributed by atoms with E-state index in [2.05, 4.69) is 10.6 Å². The first-order valence-corrected chi connectivity index (χ1v) is 7.94. The van der Waals surface area contributed by atoms with Crippen LogP contribution in [0.3, 0.4) is 0 Å². The van der Waals surface area contributed by atoms with E-state index in [0.29, 0.717) is 10.6 Å². The van der Waals surface area contributed by atoms with Gasteiger partial charge in [-0.1, -0.05) is 6.07 Å². The Morgan fingerprint density at radius 1 is 1.26 bits per heavy atom. The van der Waals surface area contributed by atoms with Gasteiger partial charge in [-0.2, -0.15) is 0 Å². The molecule has 0 aliphatic carbocycles. The Bertz CT molecular complexity index is 644. The Kier molecular flexibility index (Phi) is 6.10. The highest BCUT2D eigenvalue weighted by molar-refractivity contribution is 7.12. The van der Waals surface area contributed by atoms with Gasteiger partial charge in [0.25, 0.3) is 5.91 Å². The predicted octanol–water partition coefficient (Wildman–Crippen LogP) is 2.20. The number of ether oxygens (including phenoxy) is 1. The molecule has 2 N–H and O–H groups in total. The van der Waals surface area contributed by atoms with Crippen molar-refractivity contribution >= 4 is 23.2 Å². The Labute approximate surface area is 137 Å². The summed E-state index contributed by atoms with van der Waals surface area (Å²) in [6.45, 7) is 2.15. The quantitative estimate of drug-likeness (QED) is 0.762. The molecule has 0 saturated heterocycles. The maximum Gasteiger partial charge on any atom is 0.261 e. The second-order valence-electron chi connectivity index (χ2n) is 4.77. The van der Waals surface area contributed by atoms with Crippen LogP contribution in [0.5, 0.6) is 5.75 Å². The monoisotopic (exact) mass is 336 g/mol. The number of rotatable bonds is 7. The van der Waals surface area contributed by atoms with Crippen molar-refractivity contribution in [3.05, 3.63) is 52.5 Å². The smallest absolute Gasteiger partial charge is 0.261 e. The molecule has 1 atom stereocenters. The number of amides is 2. The fourth-order valence-electron chi connectivity index (χ4n) is 1.77. The van der Waals surface area contributed by atoms with Gasteiger partial charge in [0.15, 0.2) is 0 Å². The molecular weight excluding hydrogens is 319 g/mol. The number of thiophene rings is 1. The normalized spacial score (nSPS) is 11.6. The number of halogens is 1. The summed E-state index contributed by atoms with van der Waals surface area (Å²) in [6.07, 6.45) is 0. The Morgan fingerprint density at radius 3 is 2.65 bits per heavy atom. The van der Waals surface area contributed by atoms with Crippen molar-refractivity contribution in [3.8, 4) is 5.75 Å². The SMILES string of the molecule is CC(NC(=O)c1cccs1)C(=O)NCCOc1ccc(F)cc1. The van der Waals surface area contributed by atoms with Gasteiger partial charge in [-0.05, 0) is 42.6 Å². The molecule has 0 radical (unpaired) electrons. The zero-order chi connectivity index (χ0) is 16.7. The molecule has 2 aromatic rings. The van der Waals surface area contributed by atoms with Crippen LogP contribution in [0.4, 0.5) is 4.39 Å². The van der Waals surface area contributed by atoms with Crippen molar-refractivity contribution in [3.63, 3.8) is 0 Å². The Hall–Kier alpha value is -2.41. The molecule has 0 spiro atoms. The summed E-state index contributed by atoms with van der Waals surface area (Å²) < 4.78 is 18.1. The number of nitrogens with one attached hydrogen (secondary N) is 2. The fourth-order valence-corrected chi connectivity index (χ4v) is 2.39. The third-order valence-corrected chi connectivity index (χ3v) is 3.84. The number of carbonyl (C=O) groups is 2. The molecule has 23 heavy (non-hydrogen) atoms. The van der Waals surface area contributed by atoms with Crippen LogP contribution < -0.4 is 15.4 Å². The van der Waals surface area contributed by atoms with E-state index in [1.807, 2.05) is 0 Å². The minimum atomic E-state index is -0.643. The summed E-state index contributed by atoms with van der Waals surface area (Å²) in [7, 11) is 0. The number of hydrogen-bond donors (Lipinski definition) is 2. The lowest BCUT2D eigenvalue weighted by molar-refractivity contribution is -0.122. The molecule has 2 amide bonds. The molecule has 7 heteroatoms. The molecule has 1 aromatic carbocycles. The van der Waals surface area contributed by atoms with Crippen molar-refractivity contribution in [2.75, 3.05) is 13.2 Å². The lowest BCUT2D eigenvalue weighted by Gasteiger charge is -2.14. The van der Waals surface area contributed by atoms with E-state index in [4.69, 9.17) is 4.74 Å². The van der Waals surface area contributed by atoms with Crippen LogP contribution in [0.25, 0.3) is 0 Å². The highest BCUT2D eigenvalue weighted by atomic mass is 32.1. The second-order valence-corrected chi connectivity index (χ2v) is 5.71. The van der Waals surface area contributed by atoms with Crippen molar-refractivity contribution < 1.29 is 18.7 Å². The minimum Gasteiger partial charge on any atom is -0.492 e. The van der Waals surface area contributed by atoms with Gasteiger partial charge in [-0.25, -0.2) is 4.39 Å². The molecule has 2 rings (SSSR count). The average molecular weight is 336 g/mol. The van der Waals surface area contributed by atoms with Crippen molar-refractivity contribution in [2.24, 2.45) is 0 Å². The van der Waals surface area contributed by atoms with Crippen molar-refractivity contribution in [1.82, 2.24) is 10.6 Å². The van der Waals surface area contributed by atoms with E-state index >= 15 is 0 Å². The van der Waals surface area contributed by atoms with Crippen LogP contribution in [-0.4, -0.2) is 31.0 Å².